The van der Waals surface area contributed by atoms with Gasteiger partial charge in [0.25, 0.3) is 5.56 Å². The van der Waals surface area contributed by atoms with Crippen molar-refractivity contribution in [1.29, 1.82) is 0 Å². The van der Waals surface area contributed by atoms with E-state index < -0.39 is 5.25 Å². The smallest absolute Gasteiger partial charge is 0.263 e. The van der Waals surface area contributed by atoms with Gasteiger partial charge in [-0.15, -0.1) is 17.9 Å². The molecule has 5 nitrogen and oxygen atoms in total. The largest absolute Gasteiger partial charge is 0.325 e. The van der Waals surface area contributed by atoms with Crippen LogP contribution in [0.15, 0.2) is 58.3 Å². The van der Waals surface area contributed by atoms with Gasteiger partial charge >= 0.3 is 0 Å². The fraction of sp³-hybridized carbons (Fsp3) is 0.318. The number of nitrogens with zero attached hydrogens (tertiary/aromatic N) is 2. The van der Waals surface area contributed by atoms with Crippen LogP contribution in [0.25, 0.3) is 10.2 Å². The highest BCUT2D eigenvalue weighted by Crippen LogP contribution is 2.26. The molecule has 0 saturated carbocycles. The third-order valence-electron chi connectivity index (χ3n) is 4.53. The normalized spacial score (nSPS) is 12.7. The first-order valence-corrected chi connectivity index (χ1v) is 11.1. The summed E-state index contributed by atoms with van der Waals surface area (Å²) in [5, 5.41) is 5.50. The highest BCUT2D eigenvalue weighted by molar-refractivity contribution is 8.00. The van der Waals surface area contributed by atoms with E-state index in [1.807, 2.05) is 36.6 Å². The Morgan fingerprint density at radius 2 is 2.00 bits per heavy atom. The molecule has 0 fully saturated rings. The Hall–Kier alpha value is -2.38. The molecule has 29 heavy (non-hydrogen) atoms. The summed E-state index contributed by atoms with van der Waals surface area (Å²) in [6.45, 7) is 12.3. The molecular weight excluding hydrogens is 402 g/mol. The number of carbonyl (C=O) groups excluding carboxylic acids is 1. The average molecular weight is 428 g/mol. The molecule has 152 valence electrons. The van der Waals surface area contributed by atoms with E-state index in [-0.39, 0.29) is 16.9 Å². The third kappa shape index (κ3) is 4.79. The lowest BCUT2D eigenvalue weighted by Crippen LogP contribution is -2.26. The second kappa shape index (κ2) is 8.55. The number of rotatable bonds is 6. The number of thiophene rings is 1. The number of anilines is 1. The summed E-state index contributed by atoms with van der Waals surface area (Å²) >= 11 is 2.70. The maximum atomic E-state index is 12.7. The zero-order valence-corrected chi connectivity index (χ0v) is 18.7. The summed E-state index contributed by atoms with van der Waals surface area (Å²) in [6, 6.07) is 9.67. The number of fused-ring (bicyclic) bond motifs is 1. The summed E-state index contributed by atoms with van der Waals surface area (Å²) < 4.78 is 1.56. The Kier molecular flexibility index (Phi) is 6.29. The number of hydrogen-bond donors (Lipinski definition) is 1. The van der Waals surface area contributed by atoms with Crippen LogP contribution in [-0.4, -0.2) is 20.7 Å². The lowest BCUT2D eigenvalue weighted by molar-refractivity contribution is -0.115. The van der Waals surface area contributed by atoms with Gasteiger partial charge in [-0.2, -0.15) is 0 Å². The quantitative estimate of drug-likeness (QED) is 0.339. The van der Waals surface area contributed by atoms with Crippen LogP contribution < -0.4 is 10.9 Å². The van der Waals surface area contributed by atoms with Crippen molar-refractivity contribution in [2.75, 3.05) is 5.32 Å². The van der Waals surface area contributed by atoms with E-state index in [1.165, 1.54) is 28.7 Å². The van der Waals surface area contributed by atoms with Crippen molar-refractivity contribution in [3.8, 4) is 0 Å². The minimum Gasteiger partial charge on any atom is -0.325 e. The Bertz CT molecular complexity index is 1090. The molecule has 3 rings (SSSR count). The van der Waals surface area contributed by atoms with Gasteiger partial charge in [-0.25, -0.2) is 4.98 Å². The van der Waals surface area contributed by atoms with Crippen LogP contribution in [0.4, 0.5) is 5.69 Å². The number of amides is 1. The van der Waals surface area contributed by atoms with Crippen LogP contribution in [0.3, 0.4) is 0 Å². The molecule has 1 amide bonds. The molecule has 2 aromatic heterocycles. The topological polar surface area (TPSA) is 64.0 Å². The van der Waals surface area contributed by atoms with Crippen LogP contribution in [0.5, 0.6) is 0 Å². The lowest BCUT2D eigenvalue weighted by Gasteiger charge is -2.19. The van der Waals surface area contributed by atoms with Crippen molar-refractivity contribution in [2.24, 2.45) is 0 Å². The third-order valence-corrected chi connectivity index (χ3v) is 6.43. The average Bonchev–Trinajstić information content (AvgIpc) is 3.13. The van der Waals surface area contributed by atoms with Gasteiger partial charge in [0.15, 0.2) is 5.16 Å². The number of thioether (sulfide) groups is 1. The molecule has 1 atom stereocenters. The van der Waals surface area contributed by atoms with E-state index in [2.05, 4.69) is 37.7 Å². The Labute approximate surface area is 178 Å². The number of aromatic nitrogens is 2. The Morgan fingerprint density at radius 3 is 2.62 bits per heavy atom. The standard InChI is InChI=1S/C22H25N3O2S2/c1-6-12-25-20(27)17-11-13-28-19(17)24-21(25)29-14(2)18(26)23-16-9-7-15(8-10-16)22(3,4)5/h6-11,13-14H,1,12H2,2-5H3,(H,23,26). The van der Waals surface area contributed by atoms with Crippen LogP contribution in [0.2, 0.25) is 0 Å². The zero-order chi connectivity index (χ0) is 21.2. The summed E-state index contributed by atoms with van der Waals surface area (Å²) in [7, 11) is 0. The molecule has 0 bridgehead atoms. The van der Waals surface area contributed by atoms with Gasteiger partial charge in [-0.3, -0.25) is 14.2 Å². The molecule has 1 N–H and O–H groups in total. The van der Waals surface area contributed by atoms with Gasteiger partial charge in [0.2, 0.25) is 5.91 Å². The predicted octanol–water partition coefficient (Wildman–Crippen LogP) is 5.06. The fourth-order valence-electron chi connectivity index (χ4n) is 2.82. The van der Waals surface area contributed by atoms with Crippen molar-refractivity contribution >= 4 is 44.9 Å². The van der Waals surface area contributed by atoms with E-state index in [9.17, 15) is 9.59 Å². The van der Waals surface area contributed by atoms with Gasteiger partial charge in [0.1, 0.15) is 4.83 Å². The molecule has 0 aliphatic heterocycles. The van der Waals surface area contributed by atoms with Crippen LogP contribution in [-0.2, 0) is 16.8 Å². The first kappa shape index (κ1) is 21.3. The van der Waals surface area contributed by atoms with Crippen LogP contribution in [0, 0.1) is 0 Å². The molecular formula is C22H25N3O2S2. The molecule has 0 spiro atoms. The Morgan fingerprint density at radius 1 is 1.31 bits per heavy atom. The predicted molar refractivity (Wildman–Crippen MR) is 123 cm³/mol. The van der Waals surface area contributed by atoms with Crippen molar-refractivity contribution in [3.63, 3.8) is 0 Å². The number of nitrogens with one attached hydrogen (secondary N) is 1. The van der Waals surface area contributed by atoms with Crippen LogP contribution in [0.1, 0.15) is 33.3 Å². The highest BCUT2D eigenvalue weighted by Gasteiger charge is 2.20. The molecule has 3 aromatic rings. The van der Waals surface area contributed by atoms with Gasteiger partial charge in [0.05, 0.1) is 10.6 Å². The summed E-state index contributed by atoms with van der Waals surface area (Å²) in [5.74, 6) is -0.135. The van der Waals surface area contributed by atoms with Crippen molar-refractivity contribution < 1.29 is 4.79 Å². The second-order valence-electron chi connectivity index (χ2n) is 7.81. The van der Waals surface area contributed by atoms with Gasteiger partial charge in [-0.05, 0) is 41.5 Å². The van der Waals surface area contributed by atoms with Gasteiger partial charge in [-0.1, -0.05) is 50.7 Å². The summed E-state index contributed by atoms with van der Waals surface area (Å²) in [6.07, 6.45) is 1.66. The molecule has 0 aliphatic rings. The SMILES string of the molecule is C=CCn1c(SC(C)C(=O)Nc2ccc(C(C)(C)C)cc2)nc2sccc2c1=O. The zero-order valence-electron chi connectivity index (χ0n) is 17.1. The molecule has 2 heterocycles. The van der Waals surface area contributed by atoms with E-state index in [0.29, 0.717) is 21.9 Å². The number of benzene rings is 1. The molecule has 7 heteroatoms. The monoisotopic (exact) mass is 427 g/mol. The van der Waals surface area contributed by atoms with E-state index in [1.54, 1.807) is 16.7 Å². The van der Waals surface area contributed by atoms with Crippen molar-refractivity contribution in [3.05, 3.63) is 64.3 Å². The van der Waals surface area contributed by atoms with Crippen LogP contribution >= 0.6 is 23.1 Å². The van der Waals surface area contributed by atoms with Gasteiger partial charge < -0.3 is 5.32 Å². The minimum atomic E-state index is -0.419. The maximum Gasteiger partial charge on any atom is 0.263 e. The van der Waals surface area contributed by atoms with Crippen molar-refractivity contribution in [1.82, 2.24) is 9.55 Å². The molecule has 0 saturated heterocycles. The second-order valence-corrected chi connectivity index (χ2v) is 10.0. The van der Waals surface area contributed by atoms with Gasteiger partial charge in [0, 0.05) is 12.2 Å². The maximum absolute atomic E-state index is 12.7. The number of allylic oxidation sites excluding steroid dienone is 1. The first-order chi connectivity index (χ1) is 13.7. The lowest BCUT2D eigenvalue weighted by atomic mass is 9.87. The summed E-state index contributed by atoms with van der Waals surface area (Å²) in [5.41, 5.74) is 1.91. The van der Waals surface area contributed by atoms with Crippen molar-refractivity contribution in [2.45, 2.75) is 50.1 Å². The van der Waals surface area contributed by atoms with E-state index >= 15 is 0 Å². The summed E-state index contributed by atoms with van der Waals surface area (Å²) in [4.78, 5) is 30.7. The molecule has 1 unspecified atom stereocenters. The minimum absolute atomic E-state index is 0.0621. The Balaban J connectivity index is 1.78. The number of hydrogen-bond acceptors (Lipinski definition) is 5. The van der Waals surface area contributed by atoms with E-state index in [4.69, 9.17) is 0 Å². The number of carbonyl (C=O) groups is 1. The molecule has 0 radical (unpaired) electrons. The molecule has 1 aromatic carbocycles. The molecule has 0 aliphatic carbocycles. The highest BCUT2D eigenvalue weighted by atomic mass is 32.2. The first-order valence-electron chi connectivity index (χ1n) is 9.37. The fourth-order valence-corrected chi connectivity index (χ4v) is 4.54. The van der Waals surface area contributed by atoms with E-state index in [0.717, 1.165) is 5.69 Å².